The van der Waals surface area contributed by atoms with Gasteiger partial charge < -0.3 is 15.4 Å². The molecule has 0 aromatic heterocycles. The molecular formula is C17H19N3O4S. The Kier molecular flexibility index (Phi) is 6.64. The van der Waals surface area contributed by atoms with Crippen LogP contribution in [0.1, 0.15) is 10.4 Å². The number of benzene rings is 2. The highest BCUT2D eigenvalue weighted by atomic mass is 32.2. The third-order valence-electron chi connectivity index (χ3n) is 3.48. The van der Waals surface area contributed by atoms with E-state index >= 15 is 0 Å². The van der Waals surface area contributed by atoms with Crippen LogP contribution in [0.15, 0.2) is 47.4 Å². The standard InChI is InChI=1S/C17H19N3O4S/c1-24-16-11-12(25-2)7-8-13(16)17(21)19-10-9-18-14-5-3-4-6-15(14)20(22)23/h3-8,11,18H,9-10H2,1-2H3,(H,19,21). The number of thioether (sulfide) groups is 1. The molecule has 0 aliphatic carbocycles. The molecule has 0 saturated carbocycles. The average Bonchev–Trinajstić information content (AvgIpc) is 2.64. The van der Waals surface area contributed by atoms with Gasteiger partial charge in [0.2, 0.25) is 0 Å². The predicted octanol–water partition coefficient (Wildman–Crippen LogP) is 3.17. The van der Waals surface area contributed by atoms with Gasteiger partial charge in [0.1, 0.15) is 11.4 Å². The molecule has 7 nitrogen and oxygen atoms in total. The van der Waals surface area contributed by atoms with E-state index in [-0.39, 0.29) is 11.6 Å². The second-order valence-electron chi connectivity index (χ2n) is 5.02. The number of rotatable bonds is 8. The summed E-state index contributed by atoms with van der Waals surface area (Å²) in [5.74, 6) is 0.255. The normalized spacial score (nSPS) is 10.2. The summed E-state index contributed by atoms with van der Waals surface area (Å²) in [5, 5.41) is 16.7. The Morgan fingerprint density at radius 1 is 1.24 bits per heavy atom. The Balaban J connectivity index is 1.92. The number of nitro benzene ring substituents is 1. The van der Waals surface area contributed by atoms with Gasteiger partial charge in [-0.15, -0.1) is 11.8 Å². The topological polar surface area (TPSA) is 93.5 Å². The lowest BCUT2D eigenvalue weighted by Gasteiger charge is -2.11. The fourth-order valence-corrected chi connectivity index (χ4v) is 2.67. The lowest BCUT2D eigenvalue weighted by atomic mass is 10.2. The van der Waals surface area contributed by atoms with Crippen molar-refractivity contribution < 1.29 is 14.5 Å². The van der Waals surface area contributed by atoms with Crippen molar-refractivity contribution in [1.29, 1.82) is 0 Å². The van der Waals surface area contributed by atoms with E-state index in [0.717, 1.165) is 4.90 Å². The number of nitrogens with zero attached hydrogens (tertiary/aromatic N) is 1. The molecule has 0 aliphatic heterocycles. The first-order chi connectivity index (χ1) is 12.1. The van der Waals surface area contributed by atoms with Crippen LogP contribution in [0.2, 0.25) is 0 Å². The highest BCUT2D eigenvalue weighted by Crippen LogP contribution is 2.25. The zero-order chi connectivity index (χ0) is 18.2. The molecule has 2 aromatic rings. The smallest absolute Gasteiger partial charge is 0.292 e. The van der Waals surface area contributed by atoms with E-state index in [4.69, 9.17) is 4.74 Å². The van der Waals surface area contributed by atoms with Gasteiger partial charge in [-0.25, -0.2) is 0 Å². The average molecular weight is 361 g/mol. The number of carbonyl (C=O) groups excluding carboxylic acids is 1. The lowest BCUT2D eigenvalue weighted by molar-refractivity contribution is -0.384. The molecule has 132 valence electrons. The van der Waals surface area contributed by atoms with Crippen molar-refractivity contribution >= 4 is 29.0 Å². The molecule has 0 heterocycles. The van der Waals surface area contributed by atoms with E-state index < -0.39 is 4.92 Å². The van der Waals surface area contributed by atoms with Gasteiger partial charge in [-0.1, -0.05) is 12.1 Å². The molecule has 1 amide bonds. The first kappa shape index (κ1) is 18.6. The van der Waals surface area contributed by atoms with E-state index in [2.05, 4.69) is 10.6 Å². The van der Waals surface area contributed by atoms with Crippen LogP contribution in [0.5, 0.6) is 5.75 Å². The van der Waals surface area contributed by atoms with Crippen molar-refractivity contribution in [2.45, 2.75) is 4.90 Å². The minimum absolute atomic E-state index is 0.00292. The number of ether oxygens (including phenoxy) is 1. The number of hydrogen-bond acceptors (Lipinski definition) is 6. The van der Waals surface area contributed by atoms with Crippen LogP contribution in [0.25, 0.3) is 0 Å². The van der Waals surface area contributed by atoms with E-state index in [1.165, 1.54) is 13.2 Å². The molecule has 2 aromatic carbocycles. The monoisotopic (exact) mass is 361 g/mol. The molecule has 0 radical (unpaired) electrons. The molecule has 2 rings (SSSR count). The summed E-state index contributed by atoms with van der Waals surface area (Å²) < 4.78 is 5.26. The van der Waals surface area contributed by atoms with Gasteiger partial charge in [-0.05, 0) is 30.5 Å². The lowest BCUT2D eigenvalue weighted by Crippen LogP contribution is -2.29. The number of carbonyl (C=O) groups is 1. The molecule has 0 spiro atoms. The molecular weight excluding hydrogens is 342 g/mol. The van der Waals surface area contributed by atoms with Crippen molar-refractivity contribution in [2.24, 2.45) is 0 Å². The van der Waals surface area contributed by atoms with E-state index in [9.17, 15) is 14.9 Å². The largest absolute Gasteiger partial charge is 0.496 e. The third kappa shape index (κ3) is 4.87. The van der Waals surface area contributed by atoms with Gasteiger partial charge >= 0.3 is 0 Å². The molecule has 0 saturated heterocycles. The number of nitro groups is 1. The Morgan fingerprint density at radius 2 is 2.00 bits per heavy atom. The molecule has 0 unspecified atom stereocenters. The zero-order valence-corrected chi connectivity index (χ0v) is 14.8. The summed E-state index contributed by atoms with van der Waals surface area (Å²) in [7, 11) is 1.52. The SMILES string of the molecule is COc1cc(SC)ccc1C(=O)NCCNc1ccccc1[N+](=O)[O-]. The predicted molar refractivity (Wildman–Crippen MR) is 98.7 cm³/mol. The molecule has 2 N–H and O–H groups in total. The maximum atomic E-state index is 12.3. The van der Waals surface area contributed by atoms with Crippen LogP contribution in [-0.2, 0) is 0 Å². The van der Waals surface area contributed by atoms with Crippen LogP contribution in [-0.4, -0.2) is 37.3 Å². The van der Waals surface area contributed by atoms with E-state index in [0.29, 0.717) is 30.1 Å². The van der Waals surface area contributed by atoms with Gasteiger partial charge in [-0.2, -0.15) is 0 Å². The number of para-hydroxylation sites is 2. The maximum Gasteiger partial charge on any atom is 0.292 e. The van der Waals surface area contributed by atoms with Crippen molar-refractivity contribution in [3.05, 3.63) is 58.1 Å². The minimum atomic E-state index is -0.445. The highest BCUT2D eigenvalue weighted by molar-refractivity contribution is 7.98. The Hall–Kier alpha value is -2.74. The van der Waals surface area contributed by atoms with Crippen LogP contribution in [0.3, 0.4) is 0 Å². The second kappa shape index (κ2) is 8.93. The molecule has 25 heavy (non-hydrogen) atoms. The Labute approximate surface area is 149 Å². The molecule has 0 atom stereocenters. The zero-order valence-electron chi connectivity index (χ0n) is 13.9. The maximum absolute atomic E-state index is 12.3. The summed E-state index contributed by atoms with van der Waals surface area (Å²) in [4.78, 5) is 23.8. The van der Waals surface area contributed by atoms with Crippen LogP contribution >= 0.6 is 11.8 Å². The Bertz CT molecular complexity index is 767. The summed E-state index contributed by atoms with van der Waals surface area (Å²) in [6, 6.07) is 11.8. The molecule has 0 aliphatic rings. The quantitative estimate of drug-likeness (QED) is 0.325. The first-order valence-electron chi connectivity index (χ1n) is 7.54. The third-order valence-corrected chi connectivity index (χ3v) is 4.21. The number of nitrogens with one attached hydrogen (secondary N) is 2. The summed E-state index contributed by atoms with van der Waals surface area (Å²) in [6.07, 6.45) is 1.95. The number of hydrogen-bond donors (Lipinski definition) is 2. The van der Waals surface area contributed by atoms with Gasteiger partial charge in [-0.3, -0.25) is 14.9 Å². The summed E-state index contributed by atoms with van der Waals surface area (Å²) in [6.45, 7) is 0.681. The molecule has 8 heteroatoms. The van der Waals surface area contributed by atoms with Crippen molar-refractivity contribution in [3.63, 3.8) is 0 Å². The van der Waals surface area contributed by atoms with Crippen molar-refractivity contribution in [1.82, 2.24) is 5.32 Å². The number of amides is 1. The van der Waals surface area contributed by atoms with E-state index in [1.54, 1.807) is 36.0 Å². The van der Waals surface area contributed by atoms with Crippen LogP contribution in [0.4, 0.5) is 11.4 Å². The van der Waals surface area contributed by atoms with Crippen LogP contribution in [0, 0.1) is 10.1 Å². The van der Waals surface area contributed by atoms with Crippen molar-refractivity contribution in [3.8, 4) is 5.75 Å². The molecule has 0 fully saturated rings. The van der Waals surface area contributed by atoms with Crippen molar-refractivity contribution in [2.75, 3.05) is 31.8 Å². The Morgan fingerprint density at radius 3 is 2.68 bits per heavy atom. The molecule has 0 bridgehead atoms. The highest BCUT2D eigenvalue weighted by Gasteiger charge is 2.14. The second-order valence-corrected chi connectivity index (χ2v) is 5.90. The number of methoxy groups -OCH3 is 1. The van der Waals surface area contributed by atoms with Gasteiger partial charge in [0.05, 0.1) is 17.6 Å². The van der Waals surface area contributed by atoms with E-state index in [1.807, 2.05) is 18.4 Å². The minimum Gasteiger partial charge on any atom is -0.496 e. The van der Waals surface area contributed by atoms with Gasteiger partial charge in [0, 0.05) is 24.1 Å². The first-order valence-corrected chi connectivity index (χ1v) is 8.76. The van der Waals surface area contributed by atoms with Crippen LogP contribution < -0.4 is 15.4 Å². The fourth-order valence-electron chi connectivity index (χ4n) is 2.24. The van der Waals surface area contributed by atoms with Gasteiger partial charge in [0.25, 0.3) is 11.6 Å². The summed E-state index contributed by atoms with van der Waals surface area (Å²) >= 11 is 1.56. The summed E-state index contributed by atoms with van der Waals surface area (Å²) in [5.41, 5.74) is 0.873. The van der Waals surface area contributed by atoms with Gasteiger partial charge in [0.15, 0.2) is 0 Å². The number of anilines is 1. The fraction of sp³-hybridized carbons (Fsp3) is 0.235.